The van der Waals surface area contributed by atoms with Crippen LogP contribution >= 0.6 is 0 Å². The van der Waals surface area contributed by atoms with E-state index in [1.54, 1.807) is 18.2 Å². The minimum atomic E-state index is -0.351. The lowest BCUT2D eigenvalue weighted by molar-refractivity contribution is 0.0602. The van der Waals surface area contributed by atoms with Crippen molar-refractivity contribution in [2.24, 2.45) is 11.8 Å². The smallest absolute Gasteiger partial charge is 0.340 e. The van der Waals surface area contributed by atoms with Gasteiger partial charge in [-0.25, -0.2) is 4.79 Å². The highest BCUT2D eigenvalue weighted by Gasteiger charge is 2.19. The molecule has 116 valence electrons. The Bertz CT molecular complexity index is 488. The molecule has 2 unspecified atom stereocenters. The van der Waals surface area contributed by atoms with Crippen molar-refractivity contribution >= 4 is 17.3 Å². The second-order valence-corrected chi connectivity index (χ2v) is 6.11. The first-order valence-corrected chi connectivity index (χ1v) is 7.82. The van der Waals surface area contributed by atoms with Gasteiger partial charge in [-0.1, -0.05) is 32.3 Å². The number of hydrogen-bond acceptors (Lipinski definition) is 4. The first-order chi connectivity index (χ1) is 10.1. The van der Waals surface area contributed by atoms with Crippen LogP contribution in [0.3, 0.4) is 0 Å². The quantitative estimate of drug-likeness (QED) is 0.641. The minimum Gasteiger partial charge on any atom is -0.465 e. The van der Waals surface area contributed by atoms with Gasteiger partial charge < -0.3 is 15.8 Å². The van der Waals surface area contributed by atoms with Crippen LogP contribution in [-0.4, -0.2) is 19.6 Å². The molecule has 0 aliphatic heterocycles. The van der Waals surface area contributed by atoms with Gasteiger partial charge in [-0.05, 0) is 36.8 Å². The molecule has 0 radical (unpaired) electrons. The van der Waals surface area contributed by atoms with Crippen LogP contribution < -0.4 is 11.1 Å². The van der Waals surface area contributed by atoms with Crippen molar-refractivity contribution in [3.05, 3.63) is 23.8 Å². The lowest BCUT2D eigenvalue weighted by Crippen LogP contribution is -2.18. The van der Waals surface area contributed by atoms with Gasteiger partial charge >= 0.3 is 5.97 Å². The summed E-state index contributed by atoms with van der Waals surface area (Å²) in [5.41, 5.74) is 7.79. The number of esters is 1. The van der Waals surface area contributed by atoms with E-state index < -0.39 is 0 Å². The van der Waals surface area contributed by atoms with Crippen LogP contribution in [0.15, 0.2) is 18.2 Å². The van der Waals surface area contributed by atoms with Crippen LogP contribution in [0.1, 0.15) is 49.4 Å². The molecule has 2 rings (SSSR count). The van der Waals surface area contributed by atoms with Crippen LogP contribution in [-0.2, 0) is 4.74 Å². The molecular weight excluding hydrogens is 264 g/mol. The Morgan fingerprint density at radius 3 is 2.95 bits per heavy atom. The molecule has 1 saturated carbocycles. The summed E-state index contributed by atoms with van der Waals surface area (Å²) in [5.74, 6) is 1.28. The van der Waals surface area contributed by atoms with Crippen molar-refractivity contribution in [1.29, 1.82) is 0 Å². The molecule has 4 nitrogen and oxygen atoms in total. The Hall–Kier alpha value is -1.71. The van der Waals surface area contributed by atoms with E-state index in [0.29, 0.717) is 16.9 Å². The van der Waals surface area contributed by atoms with Crippen molar-refractivity contribution < 1.29 is 9.53 Å². The van der Waals surface area contributed by atoms with Crippen LogP contribution in [0.25, 0.3) is 0 Å². The number of nitrogens with two attached hydrogens (primary N) is 1. The summed E-state index contributed by atoms with van der Waals surface area (Å²) in [6, 6.07) is 5.32. The van der Waals surface area contributed by atoms with Crippen LogP contribution in [0.4, 0.5) is 11.4 Å². The molecule has 1 aromatic carbocycles. The summed E-state index contributed by atoms with van der Waals surface area (Å²) < 4.78 is 4.81. The number of carbonyl (C=O) groups is 1. The largest absolute Gasteiger partial charge is 0.465 e. The molecule has 0 amide bonds. The molecule has 1 fully saturated rings. The third-order valence-electron chi connectivity index (χ3n) is 4.40. The van der Waals surface area contributed by atoms with Gasteiger partial charge in [-0.3, -0.25) is 0 Å². The molecule has 0 spiro atoms. The summed E-state index contributed by atoms with van der Waals surface area (Å²) in [5, 5.41) is 3.33. The van der Waals surface area contributed by atoms with Crippen LogP contribution in [0.5, 0.6) is 0 Å². The highest BCUT2D eigenvalue weighted by atomic mass is 16.5. The number of methoxy groups -OCH3 is 1. The summed E-state index contributed by atoms with van der Waals surface area (Å²) in [4.78, 5) is 11.8. The lowest BCUT2D eigenvalue weighted by atomic mass is 9.81. The van der Waals surface area contributed by atoms with Gasteiger partial charge in [0.1, 0.15) is 0 Å². The molecule has 0 aromatic heterocycles. The Labute approximate surface area is 127 Å². The van der Waals surface area contributed by atoms with Crippen molar-refractivity contribution in [2.75, 3.05) is 24.7 Å². The number of anilines is 2. The number of rotatable bonds is 5. The fraction of sp³-hybridized carbons (Fsp3) is 0.588. The summed E-state index contributed by atoms with van der Waals surface area (Å²) in [6.45, 7) is 3.18. The third-order valence-corrected chi connectivity index (χ3v) is 4.40. The predicted molar refractivity (Wildman–Crippen MR) is 86.4 cm³/mol. The molecule has 1 aromatic rings. The number of nitrogen functional groups attached to an aromatic ring is 1. The molecule has 1 aliphatic rings. The molecular formula is C17H26N2O2. The van der Waals surface area contributed by atoms with Gasteiger partial charge in [-0.2, -0.15) is 0 Å². The van der Waals surface area contributed by atoms with E-state index >= 15 is 0 Å². The summed E-state index contributed by atoms with van der Waals surface area (Å²) in [6.07, 6.45) is 6.46. The Morgan fingerprint density at radius 2 is 2.24 bits per heavy atom. The molecule has 21 heavy (non-hydrogen) atoms. The van der Waals surface area contributed by atoms with Gasteiger partial charge in [0.2, 0.25) is 0 Å². The predicted octanol–water partition coefficient (Wildman–Crippen LogP) is 3.68. The van der Waals surface area contributed by atoms with Gasteiger partial charge in [0.05, 0.1) is 24.0 Å². The SMILES string of the molecule is COC(=O)c1cccc(N)c1NCCC1CCCC(C)C1. The molecule has 0 bridgehead atoms. The highest BCUT2D eigenvalue weighted by Crippen LogP contribution is 2.31. The lowest BCUT2D eigenvalue weighted by Gasteiger charge is -2.27. The number of benzene rings is 1. The van der Waals surface area contributed by atoms with Crippen LogP contribution in [0.2, 0.25) is 0 Å². The maximum atomic E-state index is 11.8. The van der Waals surface area contributed by atoms with Crippen molar-refractivity contribution in [1.82, 2.24) is 0 Å². The van der Waals surface area contributed by atoms with Gasteiger partial charge in [0.15, 0.2) is 0 Å². The maximum Gasteiger partial charge on any atom is 0.340 e. The van der Waals surface area contributed by atoms with E-state index in [4.69, 9.17) is 10.5 Å². The van der Waals surface area contributed by atoms with Gasteiger partial charge in [0.25, 0.3) is 0 Å². The fourth-order valence-corrected chi connectivity index (χ4v) is 3.27. The van der Waals surface area contributed by atoms with E-state index in [1.807, 2.05) is 0 Å². The summed E-state index contributed by atoms with van der Waals surface area (Å²) >= 11 is 0. The molecule has 2 atom stereocenters. The zero-order valence-electron chi connectivity index (χ0n) is 13.0. The third kappa shape index (κ3) is 4.13. The monoisotopic (exact) mass is 290 g/mol. The first kappa shape index (κ1) is 15.7. The topological polar surface area (TPSA) is 64.3 Å². The van der Waals surface area contributed by atoms with E-state index in [2.05, 4.69) is 12.2 Å². The fourth-order valence-electron chi connectivity index (χ4n) is 3.27. The van der Waals surface area contributed by atoms with E-state index in [1.165, 1.54) is 32.8 Å². The number of hydrogen-bond donors (Lipinski definition) is 2. The molecule has 0 heterocycles. The molecule has 4 heteroatoms. The normalized spacial score (nSPS) is 21.8. The zero-order chi connectivity index (χ0) is 15.2. The summed E-state index contributed by atoms with van der Waals surface area (Å²) in [7, 11) is 1.39. The Kier molecular flexibility index (Phi) is 5.48. The molecule has 3 N–H and O–H groups in total. The Balaban J connectivity index is 1.95. The molecule has 0 saturated heterocycles. The zero-order valence-corrected chi connectivity index (χ0v) is 13.0. The number of nitrogens with one attached hydrogen (secondary N) is 1. The second-order valence-electron chi connectivity index (χ2n) is 6.11. The number of ether oxygens (including phenoxy) is 1. The van der Waals surface area contributed by atoms with Crippen LogP contribution in [0, 0.1) is 11.8 Å². The molecule has 1 aliphatic carbocycles. The first-order valence-electron chi connectivity index (χ1n) is 7.82. The number of para-hydroxylation sites is 1. The standard InChI is InChI=1S/C17H26N2O2/c1-12-5-3-6-13(11-12)9-10-19-16-14(17(20)21-2)7-4-8-15(16)18/h4,7-8,12-13,19H,3,5-6,9-11,18H2,1-2H3. The van der Waals surface area contributed by atoms with Gasteiger partial charge in [-0.15, -0.1) is 0 Å². The van der Waals surface area contributed by atoms with E-state index in [9.17, 15) is 4.79 Å². The average Bonchev–Trinajstić information content (AvgIpc) is 2.48. The van der Waals surface area contributed by atoms with Gasteiger partial charge in [0, 0.05) is 6.54 Å². The van der Waals surface area contributed by atoms with Crippen molar-refractivity contribution in [3.63, 3.8) is 0 Å². The van der Waals surface area contributed by atoms with E-state index in [0.717, 1.165) is 24.8 Å². The van der Waals surface area contributed by atoms with Crippen molar-refractivity contribution in [2.45, 2.75) is 39.0 Å². The average molecular weight is 290 g/mol. The number of carbonyl (C=O) groups excluding carboxylic acids is 1. The van der Waals surface area contributed by atoms with E-state index in [-0.39, 0.29) is 5.97 Å². The van der Waals surface area contributed by atoms with Crippen molar-refractivity contribution in [3.8, 4) is 0 Å². The maximum absolute atomic E-state index is 11.8. The second kappa shape index (κ2) is 7.34. The Morgan fingerprint density at radius 1 is 1.43 bits per heavy atom. The highest BCUT2D eigenvalue weighted by molar-refractivity contribution is 5.98. The minimum absolute atomic E-state index is 0.351.